The molecule has 2 atom stereocenters. The molecule has 1 aliphatic heterocycles. The summed E-state index contributed by atoms with van der Waals surface area (Å²) in [6.45, 7) is 6.61. The number of thiazole rings is 1. The molecule has 0 aliphatic carbocycles. The van der Waals surface area contributed by atoms with Crippen LogP contribution in [-0.2, 0) is 22.5 Å². The first-order chi connectivity index (χ1) is 12.0. The Balaban J connectivity index is 1.54. The van der Waals surface area contributed by atoms with Crippen LogP contribution in [0.5, 0.6) is 0 Å². The van der Waals surface area contributed by atoms with Crippen LogP contribution in [0.15, 0.2) is 29.6 Å². The summed E-state index contributed by atoms with van der Waals surface area (Å²) in [6.07, 6.45) is 0.421. The normalized spacial score (nSPS) is 21.2. The first-order valence-electron chi connectivity index (χ1n) is 8.35. The van der Waals surface area contributed by atoms with Crippen molar-refractivity contribution in [3.05, 3.63) is 46.7 Å². The molecule has 1 fully saturated rings. The number of rotatable bonds is 5. The van der Waals surface area contributed by atoms with Crippen LogP contribution in [0.25, 0.3) is 0 Å². The van der Waals surface area contributed by atoms with Gasteiger partial charge in [0.25, 0.3) is 0 Å². The number of ether oxygens (including phenoxy) is 1. The van der Waals surface area contributed by atoms with E-state index < -0.39 is 0 Å². The Bertz CT molecular complexity index is 727. The summed E-state index contributed by atoms with van der Waals surface area (Å²) in [7, 11) is 0. The molecule has 2 heterocycles. The van der Waals surface area contributed by atoms with Crippen LogP contribution in [-0.4, -0.2) is 41.1 Å². The number of carbonyl (C=O) groups is 1. The topological polar surface area (TPSA) is 54.5 Å². The fourth-order valence-corrected chi connectivity index (χ4v) is 3.78. The number of amides is 1. The van der Waals surface area contributed by atoms with E-state index in [1.165, 1.54) is 17.4 Å². The smallest absolute Gasteiger partial charge is 0.230 e. The Morgan fingerprint density at radius 3 is 2.80 bits per heavy atom. The maximum Gasteiger partial charge on any atom is 0.230 e. The van der Waals surface area contributed by atoms with E-state index in [0.29, 0.717) is 10.7 Å². The Morgan fingerprint density at radius 2 is 2.08 bits per heavy atom. The third kappa shape index (κ3) is 5.07. The van der Waals surface area contributed by atoms with Crippen molar-refractivity contribution in [2.75, 3.05) is 18.4 Å². The number of aromatic nitrogens is 1. The second-order valence-electron chi connectivity index (χ2n) is 6.41. The van der Waals surface area contributed by atoms with Gasteiger partial charge in [0.05, 0.1) is 24.3 Å². The number of anilines is 1. The van der Waals surface area contributed by atoms with E-state index in [2.05, 4.69) is 29.0 Å². The molecule has 3 rings (SSSR count). The van der Waals surface area contributed by atoms with E-state index >= 15 is 0 Å². The SMILES string of the molecule is CC1CN(Cc2csc(NC(=O)Cc3ccccc3F)n2)CC(C)O1. The highest BCUT2D eigenvalue weighted by Gasteiger charge is 2.22. The number of hydrogen-bond acceptors (Lipinski definition) is 5. The van der Waals surface area contributed by atoms with Gasteiger partial charge in [-0.2, -0.15) is 0 Å². The molecule has 1 saturated heterocycles. The van der Waals surface area contributed by atoms with E-state index in [9.17, 15) is 9.18 Å². The minimum atomic E-state index is -0.368. The largest absolute Gasteiger partial charge is 0.373 e. The van der Waals surface area contributed by atoms with Crippen LogP contribution in [0.3, 0.4) is 0 Å². The first kappa shape index (κ1) is 18.0. The van der Waals surface area contributed by atoms with E-state index in [0.717, 1.165) is 25.3 Å². The maximum atomic E-state index is 13.6. The van der Waals surface area contributed by atoms with Crippen LogP contribution in [0.4, 0.5) is 9.52 Å². The van der Waals surface area contributed by atoms with Gasteiger partial charge in [0.1, 0.15) is 5.82 Å². The van der Waals surface area contributed by atoms with Gasteiger partial charge in [0.15, 0.2) is 5.13 Å². The minimum Gasteiger partial charge on any atom is -0.373 e. The molecule has 1 aliphatic rings. The fraction of sp³-hybridized carbons (Fsp3) is 0.444. The molecule has 134 valence electrons. The number of halogens is 1. The van der Waals surface area contributed by atoms with Crippen LogP contribution in [0, 0.1) is 5.82 Å². The Kier molecular flexibility index (Phi) is 5.78. The highest BCUT2D eigenvalue weighted by molar-refractivity contribution is 7.13. The average molecular weight is 363 g/mol. The third-order valence-corrected chi connectivity index (χ3v) is 4.79. The van der Waals surface area contributed by atoms with Gasteiger partial charge in [-0.3, -0.25) is 9.69 Å². The van der Waals surface area contributed by atoms with Crippen molar-refractivity contribution in [1.82, 2.24) is 9.88 Å². The van der Waals surface area contributed by atoms with Gasteiger partial charge in [-0.1, -0.05) is 18.2 Å². The van der Waals surface area contributed by atoms with Gasteiger partial charge in [0.2, 0.25) is 5.91 Å². The van der Waals surface area contributed by atoms with Gasteiger partial charge in [0, 0.05) is 25.0 Å². The number of hydrogen-bond donors (Lipinski definition) is 1. The molecule has 1 aromatic heterocycles. The molecule has 25 heavy (non-hydrogen) atoms. The van der Waals surface area contributed by atoms with Crippen LogP contribution in [0.1, 0.15) is 25.1 Å². The lowest BCUT2D eigenvalue weighted by molar-refractivity contribution is -0.115. The van der Waals surface area contributed by atoms with Crippen molar-refractivity contribution < 1.29 is 13.9 Å². The van der Waals surface area contributed by atoms with Crippen molar-refractivity contribution in [2.24, 2.45) is 0 Å². The number of carbonyl (C=O) groups excluding carboxylic acids is 1. The summed E-state index contributed by atoms with van der Waals surface area (Å²) in [5, 5.41) is 5.25. The summed E-state index contributed by atoms with van der Waals surface area (Å²) in [5.74, 6) is -0.632. The van der Waals surface area contributed by atoms with Crippen molar-refractivity contribution in [3.8, 4) is 0 Å². The van der Waals surface area contributed by atoms with E-state index in [1.54, 1.807) is 18.2 Å². The summed E-state index contributed by atoms with van der Waals surface area (Å²) in [5.41, 5.74) is 1.31. The lowest BCUT2D eigenvalue weighted by Gasteiger charge is -2.34. The fourth-order valence-electron chi connectivity index (χ4n) is 3.06. The van der Waals surface area contributed by atoms with Crippen LogP contribution < -0.4 is 5.32 Å². The monoisotopic (exact) mass is 363 g/mol. The number of nitrogens with one attached hydrogen (secondary N) is 1. The second-order valence-corrected chi connectivity index (χ2v) is 7.27. The summed E-state index contributed by atoms with van der Waals surface area (Å²) >= 11 is 1.39. The second kappa shape index (κ2) is 8.03. The molecule has 2 aromatic rings. The molecule has 0 saturated carbocycles. The highest BCUT2D eigenvalue weighted by atomic mass is 32.1. The van der Waals surface area contributed by atoms with Gasteiger partial charge in [-0.05, 0) is 25.5 Å². The molecule has 0 radical (unpaired) electrons. The van der Waals surface area contributed by atoms with Gasteiger partial charge < -0.3 is 10.1 Å². The molecule has 5 nitrogen and oxygen atoms in total. The molecule has 1 N–H and O–H groups in total. The number of nitrogens with zero attached hydrogens (tertiary/aromatic N) is 2. The summed E-state index contributed by atoms with van der Waals surface area (Å²) in [6, 6.07) is 6.30. The minimum absolute atomic E-state index is 0.0000793. The van der Waals surface area contributed by atoms with Crippen molar-refractivity contribution in [2.45, 2.75) is 39.0 Å². The first-order valence-corrected chi connectivity index (χ1v) is 9.23. The van der Waals surface area contributed by atoms with E-state index in [4.69, 9.17) is 4.74 Å². The van der Waals surface area contributed by atoms with Crippen LogP contribution >= 0.6 is 11.3 Å². The zero-order valence-corrected chi connectivity index (χ0v) is 15.2. The highest BCUT2D eigenvalue weighted by Crippen LogP contribution is 2.19. The summed E-state index contributed by atoms with van der Waals surface area (Å²) in [4.78, 5) is 18.9. The number of morpholine rings is 1. The molecular formula is C18H22FN3O2S. The predicted octanol–water partition coefficient (Wildman–Crippen LogP) is 3.07. The van der Waals surface area contributed by atoms with Crippen LogP contribution in [0.2, 0.25) is 0 Å². The predicted molar refractivity (Wildman–Crippen MR) is 96.1 cm³/mol. The molecule has 7 heteroatoms. The Labute approximate surface area is 150 Å². The lowest BCUT2D eigenvalue weighted by atomic mass is 10.1. The standard InChI is InChI=1S/C18H22FN3O2S/c1-12-8-22(9-13(2)24-12)10-15-11-25-18(20-15)21-17(23)7-14-5-3-4-6-16(14)19/h3-6,11-13H,7-10H2,1-2H3,(H,20,21,23). The molecule has 0 spiro atoms. The molecule has 1 amide bonds. The molecule has 0 bridgehead atoms. The van der Waals surface area contributed by atoms with Crippen molar-refractivity contribution >= 4 is 22.4 Å². The maximum absolute atomic E-state index is 13.6. The zero-order valence-electron chi connectivity index (χ0n) is 14.4. The van der Waals surface area contributed by atoms with Crippen molar-refractivity contribution in [1.29, 1.82) is 0 Å². The van der Waals surface area contributed by atoms with E-state index in [1.807, 2.05) is 5.38 Å². The van der Waals surface area contributed by atoms with E-state index in [-0.39, 0.29) is 30.4 Å². The van der Waals surface area contributed by atoms with Crippen molar-refractivity contribution in [3.63, 3.8) is 0 Å². The van der Waals surface area contributed by atoms with Gasteiger partial charge in [-0.15, -0.1) is 11.3 Å². The lowest BCUT2D eigenvalue weighted by Crippen LogP contribution is -2.44. The van der Waals surface area contributed by atoms with Gasteiger partial charge >= 0.3 is 0 Å². The number of benzene rings is 1. The molecule has 1 aromatic carbocycles. The quantitative estimate of drug-likeness (QED) is 0.887. The Hall–Kier alpha value is -1.83. The summed E-state index contributed by atoms with van der Waals surface area (Å²) < 4.78 is 19.3. The molecular weight excluding hydrogens is 341 g/mol. The van der Waals surface area contributed by atoms with Gasteiger partial charge in [-0.25, -0.2) is 9.37 Å². The third-order valence-electron chi connectivity index (χ3n) is 3.99. The molecule has 2 unspecified atom stereocenters. The zero-order chi connectivity index (χ0) is 17.8. The Morgan fingerprint density at radius 1 is 1.36 bits per heavy atom. The average Bonchev–Trinajstić information content (AvgIpc) is 2.95.